The van der Waals surface area contributed by atoms with E-state index in [0.717, 1.165) is 16.3 Å². The summed E-state index contributed by atoms with van der Waals surface area (Å²) in [6.07, 6.45) is 0. The van der Waals surface area contributed by atoms with Gasteiger partial charge in [0.25, 0.3) is 5.91 Å². The molecular formula is C15H20ClN3O2S. The molecule has 7 heteroatoms. The number of carbonyl (C=O) groups is 1. The zero-order chi connectivity index (χ0) is 15.2. The maximum absolute atomic E-state index is 12.1. The van der Waals surface area contributed by atoms with Gasteiger partial charge in [-0.3, -0.25) is 4.79 Å². The van der Waals surface area contributed by atoms with Crippen molar-refractivity contribution in [2.75, 3.05) is 20.2 Å². The van der Waals surface area contributed by atoms with Crippen LogP contribution in [0.25, 0.3) is 0 Å². The third-order valence-electron chi connectivity index (χ3n) is 2.98. The minimum Gasteiger partial charge on any atom is -0.492 e. The Balaban J connectivity index is 0.00000242. The van der Waals surface area contributed by atoms with E-state index in [4.69, 9.17) is 10.5 Å². The van der Waals surface area contributed by atoms with Crippen molar-refractivity contribution in [1.82, 2.24) is 9.88 Å². The molecule has 2 aromatic rings. The van der Waals surface area contributed by atoms with Crippen LogP contribution in [-0.4, -0.2) is 36.0 Å². The summed E-state index contributed by atoms with van der Waals surface area (Å²) in [5, 5.41) is 2.50. The Kier molecular flexibility index (Phi) is 7.31. The monoisotopic (exact) mass is 341 g/mol. The Morgan fingerprint density at radius 3 is 2.86 bits per heavy atom. The summed E-state index contributed by atoms with van der Waals surface area (Å²) in [4.78, 5) is 17.9. The highest BCUT2D eigenvalue weighted by Gasteiger charge is 2.15. The second kappa shape index (κ2) is 8.73. The van der Waals surface area contributed by atoms with Crippen molar-refractivity contribution in [3.05, 3.63) is 45.9 Å². The molecular weight excluding hydrogens is 322 g/mol. The largest absolute Gasteiger partial charge is 0.492 e. The highest BCUT2D eigenvalue weighted by Crippen LogP contribution is 2.13. The summed E-state index contributed by atoms with van der Waals surface area (Å²) in [5.74, 6) is 0.703. The summed E-state index contributed by atoms with van der Waals surface area (Å²) < 4.78 is 5.64. The molecule has 1 aromatic carbocycles. The van der Waals surface area contributed by atoms with Crippen LogP contribution in [0, 0.1) is 6.92 Å². The lowest BCUT2D eigenvalue weighted by Crippen LogP contribution is -2.31. The highest BCUT2D eigenvalue weighted by molar-refractivity contribution is 7.09. The molecule has 0 aliphatic heterocycles. The van der Waals surface area contributed by atoms with E-state index in [2.05, 4.69) is 4.98 Å². The zero-order valence-electron chi connectivity index (χ0n) is 12.6. The summed E-state index contributed by atoms with van der Waals surface area (Å²) in [7, 11) is 1.74. The van der Waals surface area contributed by atoms with E-state index in [1.54, 1.807) is 17.3 Å². The van der Waals surface area contributed by atoms with Crippen LogP contribution in [0.15, 0.2) is 29.6 Å². The van der Waals surface area contributed by atoms with Crippen molar-refractivity contribution in [2.45, 2.75) is 13.5 Å². The molecule has 1 amide bonds. The van der Waals surface area contributed by atoms with E-state index in [-0.39, 0.29) is 18.3 Å². The maximum Gasteiger partial charge on any atom is 0.273 e. The number of carbonyl (C=O) groups excluding carboxylic acids is 1. The van der Waals surface area contributed by atoms with Crippen LogP contribution in [0.5, 0.6) is 5.75 Å². The first-order valence-corrected chi connectivity index (χ1v) is 7.57. The van der Waals surface area contributed by atoms with Gasteiger partial charge in [-0.25, -0.2) is 4.98 Å². The smallest absolute Gasteiger partial charge is 0.273 e. The number of rotatable bonds is 6. The molecule has 0 aliphatic rings. The predicted molar refractivity (Wildman–Crippen MR) is 90.9 cm³/mol. The van der Waals surface area contributed by atoms with Gasteiger partial charge in [0.05, 0.1) is 6.54 Å². The van der Waals surface area contributed by atoms with Crippen molar-refractivity contribution in [3.8, 4) is 5.75 Å². The van der Waals surface area contributed by atoms with Gasteiger partial charge in [0.1, 0.15) is 23.1 Å². The van der Waals surface area contributed by atoms with E-state index in [9.17, 15) is 4.79 Å². The van der Waals surface area contributed by atoms with E-state index in [0.29, 0.717) is 25.4 Å². The van der Waals surface area contributed by atoms with Gasteiger partial charge < -0.3 is 15.4 Å². The fourth-order valence-electron chi connectivity index (χ4n) is 1.81. The lowest BCUT2D eigenvalue weighted by molar-refractivity contribution is 0.0768. The molecule has 0 spiro atoms. The molecule has 0 bridgehead atoms. The van der Waals surface area contributed by atoms with Crippen molar-refractivity contribution in [1.29, 1.82) is 0 Å². The minimum atomic E-state index is -0.112. The molecule has 0 radical (unpaired) electrons. The number of nitrogens with two attached hydrogens (primary N) is 1. The summed E-state index contributed by atoms with van der Waals surface area (Å²) in [6, 6.07) is 7.83. The molecule has 2 N–H and O–H groups in total. The third-order valence-corrected chi connectivity index (χ3v) is 3.85. The first-order chi connectivity index (χ1) is 10.1. The number of benzene rings is 1. The Morgan fingerprint density at radius 2 is 2.23 bits per heavy atom. The van der Waals surface area contributed by atoms with Crippen LogP contribution in [0.4, 0.5) is 0 Å². The molecule has 0 unspecified atom stereocenters. The lowest BCUT2D eigenvalue weighted by atomic mass is 10.2. The zero-order valence-corrected chi connectivity index (χ0v) is 14.2. The van der Waals surface area contributed by atoms with E-state index < -0.39 is 0 Å². The Labute approximate surface area is 140 Å². The molecule has 0 atom stereocenters. The summed E-state index contributed by atoms with van der Waals surface area (Å²) in [5.41, 5.74) is 7.09. The quantitative estimate of drug-likeness (QED) is 0.876. The topological polar surface area (TPSA) is 68.5 Å². The first kappa shape index (κ1) is 18.4. The van der Waals surface area contributed by atoms with Crippen LogP contribution in [0.3, 0.4) is 0 Å². The molecule has 0 saturated carbocycles. The first-order valence-electron chi connectivity index (χ1n) is 6.69. The van der Waals surface area contributed by atoms with Crippen molar-refractivity contribution in [2.24, 2.45) is 5.73 Å². The van der Waals surface area contributed by atoms with Gasteiger partial charge in [-0.15, -0.1) is 23.7 Å². The number of amides is 1. The number of hydrogen-bond acceptors (Lipinski definition) is 5. The van der Waals surface area contributed by atoms with E-state index >= 15 is 0 Å². The Morgan fingerprint density at radius 1 is 1.45 bits per heavy atom. The van der Waals surface area contributed by atoms with Crippen molar-refractivity contribution >= 4 is 29.7 Å². The normalized spacial score (nSPS) is 9.95. The van der Waals surface area contributed by atoms with Gasteiger partial charge in [0, 0.05) is 19.0 Å². The van der Waals surface area contributed by atoms with Gasteiger partial charge in [0.15, 0.2) is 0 Å². The molecule has 0 aliphatic carbocycles. The number of nitrogens with zero attached hydrogens (tertiary/aromatic N) is 2. The Bertz CT molecular complexity index is 618. The number of aromatic nitrogens is 1. The van der Waals surface area contributed by atoms with Gasteiger partial charge in [-0.1, -0.05) is 12.1 Å². The Hall–Kier alpha value is -1.63. The van der Waals surface area contributed by atoms with Crippen LogP contribution in [0.2, 0.25) is 0 Å². The average molecular weight is 342 g/mol. The van der Waals surface area contributed by atoms with E-state index in [1.165, 1.54) is 11.3 Å². The van der Waals surface area contributed by atoms with Crippen LogP contribution < -0.4 is 10.5 Å². The summed E-state index contributed by atoms with van der Waals surface area (Å²) in [6.45, 7) is 3.32. The average Bonchev–Trinajstić information content (AvgIpc) is 2.95. The molecule has 5 nitrogen and oxygen atoms in total. The van der Waals surface area contributed by atoms with Crippen LogP contribution in [0.1, 0.15) is 21.1 Å². The molecule has 1 aromatic heterocycles. The highest BCUT2D eigenvalue weighted by atomic mass is 35.5. The number of ether oxygens (including phenoxy) is 1. The SMILES string of the molecule is Cc1cccc(OCCN(C)C(=O)c2csc(CN)n2)c1.Cl. The van der Waals surface area contributed by atoms with Crippen molar-refractivity contribution < 1.29 is 9.53 Å². The number of aryl methyl sites for hydroxylation is 1. The van der Waals surface area contributed by atoms with Crippen LogP contribution in [-0.2, 0) is 6.54 Å². The van der Waals surface area contributed by atoms with Crippen molar-refractivity contribution in [3.63, 3.8) is 0 Å². The fraction of sp³-hybridized carbons (Fsp3) is 0.333. The number of hydrogen-bond donors (Lipinski definition) is 1. The minimum absolute atomic E-state index is 0. The number of halogens is 1. The molecule has 22 heavy (non-hydrogen) atoms. The third kappa shape index (κ3) is 4.98. The standard InChI is InChI=1S/C15H19N3O2S.ClH/c1-11-4-3-5-12(8-11)20-7-6-18(2)15(19)13-10-21-14(9-16)17-13;/h3-5,8,10H,6-7,9,16H2,1-2H3;1H. The molecule has 0 saturated heterocycles. The van der Waals surface area contributed by atoms with Gasteiger partial charge >= 0.3 is 0 Å². The molecule has 0 fully saturated rings. The summed E-state index contributed by atoms with van der Waals surface area (Å²) >= 11 is 1.40. The lowest BCUT2D eigenvalue weighted by Gasteiger charge is -2.16. The van der Waals surface area contributed by atoms with Gasteiger partial charge in [-0.2, -0.15) is 0 Å². The molecule has 1 heterocycles. The van der Waals surface area contributed by atoms with Crippen LogP contribution >= 0.6 is 23.7 Å². The number of thiazole rings is 1. The van der Waals surface area contributed by atoms with E-state index in [1.807, 2.05) is 31.2 Å². The predicted octanol–water partition coefficient (Wildman–Crippen LogP) is 2.48. The second-order valence-corrected chi connectivity index (χ2v) is 5.66. The molecule has 120 valence electrons. The second-order valence-electron chi connectivity index (χ2n) is 4.72. The van der Waals surface area contributed by atoms with Gasteiger partial charge in [0.2, 0.25) is 0 Å². The van der Waals surface area contributed by atoms with Gasteiger partial charge in [-0.05, 0) is 24.6 Å². The number of likely N-dealkylation sites (N-methyl/N-ethyl adjacent to an activating group) is 1. The fourth-order valence-corrected chi connectivity index (χ4v) is 2.45. The molecule has 2 rings (SSSR count). The maximum atomic E-state index is 12.1.